The molecule has 2 aliphatic carbocycles. The van der Waals surface area contributed by atoms with Gasteiger partial charge in [0.15, 0.2) is 0 Å². The summed E-state index contributed by atoms with van der Waals surface area (Å²) >= 11 is 0. The van der Waals surface area contributed by atoms with E-state index in [-0.39, 0.29) is 21.7 Å². The van der Waals surface area contributed by atoms with Gasteiger partial charge < -0.3 is 9.55 Å². The summed E-state index contributed by atoms with van der Waals surface area (Å²) < 4.78 is 2.46. The topological polar surface area (TPSA) is 20.7 Å². The van der Waals surface area contributed by atoms with Crippen LogP contribution in [0.25, 0.3) is 71.6 Å². The number of para-hydroxylation sites is 1. The molecule has 0 spiro atoms. The number of nitrogens with one attached hydrogen (secondary N) is 1. The first-order valence-corrected chi connectivity index (χ1v) is 18.2. The van der Waals surface area contributed by atoms with Crippen molar-refractivity contribution in [1.82, 2.24) is 9.55 Å². The highest BCUT2D eigenvalue weighted by Crippen LogP contribution is 2.62. The molecular weight excluding hydrogens is 605 g/mol. The van der Waals surface area contributed by atoms with Gasteiger partial charge in [0.25, 0.3) is 0 Å². The van der Waals surface area contributed by atoms with Gasteiger partial charge in [-0.05, 0) is 121 Å². The highest BCUT2D eigenvalue weighted by atomic mass is 15.0. The summed E-state index contributed by atoms with van der Waals surface area (Å²) in [7, 11) is 0. The number of rotatable bonds is 2. The van der Waals surface area contributed by atoms with Crippen LogP contribution in [0.3, 0.4) is 0 Å². The number of nitrogens with zero attached hydrogens (tertiary/aromatic N) is 1. The molecule has 0 saturated heterocycles. The molecule has 1 N–H and O–H groups in total. The molecule has 2 heteroatoms. The van der Waals surface area contributed by atoms with E-state index in [0.717, 1.165) is 0 Å². The summed E-state index contributed by atoms with van der Waals surface area (Å²) in [5.74, 6) is 0. The minimum absolute atomic E-state index is 0.0567. The largest absolute Gasteiger partial charge is 0.355 e. The van der Waals surface area contributed by atoms with Crippen molar-refractivity contribution in [2.24, 2.45) is 5.41 Å². The van der Waals surface area contributed by atoms with Gasteiger partial charge in [-0.1, -0.05) is 110 Å². The molecule has 0 fully saturated rings. The van der Waals surface area contributed by atoms with Crippen molar-refractivity contribution in [1.29, 1.82) is 0 Å². The predicted octanol–water partition coefficient (Wildman–Crippen LogP) is 13.0. The van der Waals surface area contributed by atoms with Gasteiger partial charge >= 0.3 is 0 Å². The van der Waals surface area contributed by atoms with Crippen LogP contribution >= 0.6 is 0 Å². The molecule has 0 saturated carbocycles. The van der Waals surface area contributed by atoms with Crippen LogP contribution in [0.5, 0.6) is 0 Å². The lowest BCUT2D eigenvalue weighted by atomic mass is 9.59. The van der Waals surface area contributed by atoms with Crippen molar-refractivity contribution in [3.63, 3.8) is 0 Å². The third-order valence-corrected chi connectivity index (χ3v) is 14.0. The third kappa shape index (κ3) is 3.54. The highest BCUT2D eigenvalue weighted by molar-refractivity contribution is 6.13. The van der Waals surface area contributed by atoms with E-state index in [1.165, 1.54) is 93.8 Å². The Balaban J connectivity index is 1.20. The fourth-order valence-corrected chi connectivity index (χ4v) is 9.86. The minimum atomic E-state index is -0.0567. The number of hydrogen-bond donors (Lipinski definition) is 1. The Morgan fingerprint density at radius 3 is 1.82 bits per heavy atom. The molecule has 0 atom stereocenters. The Morgan fingerprint density at radius 2 is 1.06 bits per heavy atom. The smallest absolute Gasteiger partial charge is 0.0544 e. The SMILES string of the molecule is CC1(C)c2ccccc2-c2cc3c4cc(-c5ccc6[nH]c7cc8c(cc7c6c5)C(C)(C)C(C)(C)C8(C)C)ccc4n(-c4ccccc4)c3cc21. The number of H-pyrrole nitrogens is 1. The Morgan fingerprint density at radius 1 is 0.440 bits per heavy atom. The molecule has 2 aromatic heterocycles. The molecule has 0 bridgehead atoms. The van der Waals surface area contributed by atoms with Crippen LogP contribution in [-0.2, 0) is 16.2 Å². The lowest BCUT2D eigenvalue weighted by molar-refractivity contribution is 0.125. The van der Waals surface area contributed by atoms with Crippen molar-refractivity contribution >= 4 is 43.6 Å². The molecule has 2 nitrogen and oxygen atoms in total. The van der Waals surface area contributed by atoms with Crippen molar-refractivity contribution in [2.45, 2.75) is 71.6 Å². The summed E-state index contributed by atoms with van der Waals surface area (Å²) in [4.78, 5) is 3.79. The first-order chi connectivity index (χ1) is 23.8. The monoisotopic (exact) mass is 648 g/mol. The van der Waals surface area contributed by atoms with Crippen LogP contribution in [0.4, 0.5) is 0 Å². The second-order valence-electron chi connectivity index (χ2n) is 17.2. The Bertz CT molecular complexity index is 2740. The minimum Gasteiger partial charge on any atom is -0.355 e. The molecule has 0 unspecified atom stereocenters. The first-order valence-electron chi connectivity index (χ1n) is 18.2. The second kappa shape index (κ2) is 9.37. The molecule has 10 rings (SSSR count). The van der Waals surface area contributed by atoms with E-state index in [1.807, 2.05) is 0 Å². The van der Waals surface area contributed by atoms with Gasteiger partial charge in [-0.25, -0.2) is 0 Å². The van der Waals surface area contributed by atoms with Gasteiger partial charge in [0.05, 0.1) is 11.0 Å². The maximum atomic E-state index is 3.79. The van der Waals surface area contributed by atoms with E-state index in [4.69, 9.17) is 0 Å². The van der Waals surface area contributed by atoms with Crippen LogP contribution in [-0.4, -0.2) is 9.55 Å². The highest BCUT2D eigenvalue weighted by Gasteiger charge is 2.56. The van der Waals surface area contributed by atoms with E-state index < -0.39 is 0 Å². The molecule has 0 radical (unpaired) electrons. The van der Waals surface area contributed by atoms with E-state index in [2.05, 4.69) is 180 Å². The molecule has 0 aliphatic heterocycles. The molecule has 2 heterocycles. The van der Waals surface area contributed by atoms with Crippen LogP contribution in [0.2, 0.25) is 0 Å². The Kier molecular flexibility index (Phi) is 5.59. The normalized spacial score (nSPS) is 17.8. The zero-order valence-corrected chi connectivity index (χ0v) is 30.4. The van der Waals surface area contributed by atoms with E-state index in [0.29, 0.717) is 0 Å². The molecule has 0 amide bonds. The van der Waals surface area contributed by atoms with Crippen LogP contribution in [0.1, 0.15) is 77.6 Å². The summed E-state index contributed by atoms with van der Waals surface area (Å²) in [6, 6.07) is 43.7. The summed E-state index contributed by atoms with van der Waals surface area (Å²) in [5.41, 5.74) is 17.3. The molecule has 8 aromatic rings. The van der Waals surface area contributed by atoms with Crippen LogP contribution in [0, 0.1) is 5.41 Å². The molecule has 50 heavy (non-hydrogen) atoms. The van der Waals surface area contributed by atoms with Crippen molar-refractivity contribution in [3.8, 4) is 27.9 Å². The number of hydrogen-bond acceptors (Lipinski definition) is 0. The van der Waals surface area contributed by atoms with Gasteiger partial charge in [-0.15, -0.1) is 0 Å². The second-order valence-corrected chi connectivity index (χ2v) is 17.2. The molecule has 6 aromatic carbocycles. The van der Waals surface area contributed by atoms with E-state index in [9.17, 15) is 0 Å². The Labute approximate surface area is 294 Å². The zero-order valence-electron chi connectivity index (χ0n) is 30.4. The van der Waals surface area contributed by atoms with Gasteiger partial charge in [-0.3, -0.25) is 0 Å². The number of aromatic amines is 1. The molecule has 246 valence electrons. The summed E-state index contributed by atoms with van der Waals surface area (Å²) in [5, 5.41) is 5.20. The van der Waals surface area contributed by atoms with E-state index in [1.54, 1.807) is 0 Å². The fraction of sp³-hybridized carbons (Fsp3) is 0.250. The lowest BCUT2D eigenvalue weighted by Gasteiger charge is -2.44. The fourth-order valence-electron chi connectivity index (χ4n) is 9.86. The lowest BCUT2D eigenvalue weighted by Crippen LogP contribution is -2.42. The van der Waals surface area contributed by atoms with Gasteiger partial charge in [-0.2, -0.15) is 0 Å². The Hall–Kier alpha value is -5.08. The number of fused-ring (bicyclic) bond motifs is 10. The number of aromatic nitrogens is 2. The predicted molar refractivity (Wildman–Crippen MR) is 213 cm³/mol. The summed E-state index contributed by atoms with van der Waals surface area (Å²) in [6.45, 7) is 19.3. The van der Waals surface area contributed by atoms with Crippen LogP contribution in [0.15, 0.2) is 115 Å². The maximum absolute atomic E-state index is 3.79. The number of benzene rings is 6. The molecule has 2 aliphatic rings. The molecular formula is C48H44N2. The zero-order chi connectivity index (χ0) is 34.5. The average Bonchev–Trinajstić information content (AvgIpc) is 3.73. The van der Waals surface area contributed by atoms with Crippen LogP contribution < -0.4 is 0 Å². The third-order valence-electron chi connectivity index (χ3n) is 14.0. The average molecular weight is 649 g/mol. The van der Waals surface area contributed by atoms with E-state index >= 15 is 0 Å². The van der Waals surface area contributed by atoms with Crippen molar-refractivity contribution in [2.75, 3.05) is 0 Å². The summed E-state index contributed by atoms with van der Waals surface area (Å²) in [6.07, 6.45) is 0. The van der Waals surface area contributed by atoms with Gasteiger partial charge in [0, 0.05) is 43.7 Å². The van der Waals surface area contributed by atoms with Gasteiger partial charge in [0.2, 0.25) is 0 Å². The van der Waals surface area contributed by atoms with Crippen molar-refractivity contribution < 1.29 is 0 Å². The van der Waals surface area contributed by atoms with Crippen molar-refractivity contribution in [3.05, 3.63) is 138 Å². The standard InChI is InChI=1S/C48H44N2/c1-45(2)37-17-13-12-16-31(37)32-24-36-35-23-29(19-21-43(35)50(44(36)27-38(32)45)30-14-10-9-11-15-30)28-18-20-41-33(22-28)34-25-39-40(26-42(34)49-41)47(5,6)48(7,8)46(39,3)4/h9-27,49H,1-8H3. The van der Waals surface area contributed by atoms with Gasteiger partial charge in [0.1, 0.15) is 0 Å². The maximum Gasteiger partial charge on any atom is 0.0544 e. The quantitative estimate of drug-likeness (QED) is 0.193. The first kappa shape index (κ1) is 29.8.